The first-order valence-electron chi connectivity index (χ1n) is 6.95. The normalized spacial score (nSPS) is 10.4. The summed E-state index contributed by atoms with van der Waals surface area (Å²) < 4.78 is 0. The third-order valence-corrected chi connectivity index (χ3v) is 3.55. The first-order chi connectivity index (χ1) is 10.0. The van der Waals surface area contributed by atoms with Crippen molar-refractivity contribution in [3.05, 3.63) is 63.0 Å². The maximum Gasteiger partial charge on any atom is 0.278 e. The molecule has 0 spiro atoms. The lowest BCUT2D eigenvalue weighted by atomic mass is 10.1. The minimum atomic E-state index is -0.340. The number of hydrogen-bond donors (Lipinski definition) is 1. The van der Waals surface area contributed by atoms with Crippen molar-refractivity contribution >= 4 is 11.4 Å². The fraction of sp³-hybridized carbons (Fsp3) is 0.312. The number of aryl methyl sites for hydroxylation is 2. The zero-order chi connectivity index (χ0) is 15.4. The molecule has 0 radical (unpaired) electrons. The van der Waals surface area contributed by atoms with E-state index in [0.717, 1.165) is 12.1 Å². The minimum absolute atomic E-state index is 0.157. The first-order valence-corrected chi connectivity index (χ1v) is 6.95. The number of rotatable bonds is 5. The van der Waals surface area contributed by atoms with E-state index >= 15 is 0 Å². The molecule has 5 heteroatoms. The molecule has 5 nitrogen and oxygen atoms in total. The van der Waals surface area contributed by atoms with Gasteiger partial charge in [0.05, 0.1) is 22.7 Å². The van der Waals surface area contributed by atoms with Gasteiger partial charge >= 0.3 is 0 Å². The first kappa shape index (κ1) is 15.0. The molecule has 0 bridgehead atoms. The van der Waals surface area contributed by atoms with Crippen LogP contribution in [0.4, 0.5) is 11.4 Å². The Morgan fingerprint density at radius 2 is 2.10 bits per heavy atom. The third-order valence-electron chi connectivity index (χ3n) is 3.55. The van der Waals surface area contributed by atoms with E-state index in [1.165, 1.54) is 5.56 Å². The Hall–Kier alpha value is -2.43. The highest BCUT2D eigenvalue weighted by Crippen LogP contribution is 2.24. The molecule has 0 amide bonds. The Bertz CT molecular complexity index is 669. The highest BCUT2D eigenvalue weighted by atomic mass is 16.6. The maximum atomic E-state index is 11.1. The summed E-state index contributed by atoms with van der Waals surface area (Å²) in [5.74, 6) is 0. The second-order valence-electron chi connectivity index (χ2n) is 5.03. The van der Waals surface area contributed by atoms with Crippen molar-refractivity contribution in [2.75, 3.05) is 5.32 Å². The summed E-state index contributed by atoms with van der Waals surface area (Å²) in [6.45, 7) is 6.03. The van der Waals surface area contributed by atoms with Crippen LogP contribution < -0.4 is 5.32 Å². The van der Waals surface area contributed by atoms with Gasteiger partial charge in [0.25, 0.3) is 5.69 Å². The van der Waals surface area contributed by atoms with Crippen LogP contribution in [0.3, 0.4) is 0 Å². The molecule has 0 aliphatic rings. The van der Waals surface area contributed by atoms with Crippen molar-refractivity contribution in [1.82, 2.24) is 4.98 Å². The molecule has 0 aliphatic heterocycles. The Balaban J connectivity index is 2.20. The van der Waals surface area contributed by atoms with Crippen LogP contribution in [-0.2, 0) is 13.0 Å². The lowest BCUT2D eigenvalue weighted by molar-refractivity contribution is -0.386. The molecule has 110 valence electrons. The van der Waals surface area contributed by atoms with Crippen LogP contribution in [0.15, 0.2) is 30.5 Å². The van der Waals surface area contributed by atoms with Gasteiger partial charge in [-0.3, -0.25) is 15.1 Å². The number of nitro groups is 1. The molecule has 1 heterocycles. The van der Waals surface area contributed by atoms with Gasteiger partial charge < -0.3 is 5.32 Å². The number of nitrogens with zero attached hydrogens (tertiary/aromatic N) is 2. The number of nitrogens with one attached hydrogen (secondary N) is 1. The Labute approximate surface area is 124 Å². The van der Waals surface area contributed by atoms with Crippen molar-refractivity contribution in [2.24, 2.45) is 0 Å². The van der Waals surface area contributed by atoms with Crippen LogP contribution in [0.1, 0.15) is 29.3 Å². The van der Waals surface area contributed by atoms with Crippen molar-refractivity contribution in [2.45, 2.75) is 33.7 Å². The number of hydrogen-bond acceptors (Lipinski definition) is 4. The van der Waals surface area contributed by atoms with Crippen LogP contribution in [0, 0.1) is 24.0 Å². The minimum Gasteiger partial charge on any atom is -0.379 e. The van der Waals surface area contributed by atoms with E-state index in [4.69, 9.17) is 0 Å². The number of benzene rings is 1. The number of pyridine rings is 1. The predicted octanol–water partition coefficient (Wildman–Crippen LogP) is 3.78. The van der Waals surface area contributed by atoms with E-state index in [0.29, 0.717) is 23.4 Å². The van der Waals surface area contributed by atoms with Gasteiger partial charge in [-0.05, 0) is 38.0 Å². The van der Waals surface area contributed by atoms with Gasteiger partial charge in [-0.15, -0.1) is 0 Å². The molecular formula is C16H19N3O2. The average Bonchev–Trinajstić information content (AvgIpc) is 2.46. The highest BCUT2D eigenvalue weighted by molar-refractivity contribution is 5.50. The fourth-order valence-electron chi connectivity index (χ4n) is 2.31. The molecular weight excluding hydrogens is 266 g/mol. The van der Waals surface area contributed by atoms with Gasteiger partial charge in [0, 0.05) is 17.4 Å². The number of aromatic nitrogens is 1. The molecule has 0 saturated carbocycles. The topological polar surface area (TPSA) is 68.1 Å². The summed E-state index contributed by atoms with van der Waals surface area (Å²) in [7, 11) is 0. The smallest absolute Gasteiger partial charge is 0.278 e. The maximum absolute atomic E-state index is 11.1. The number of anilines is 1. The molecule has 21 heavy (non-hydrogen) atoms. The van der Waals surface area contributed by atoms with Gasteiger partial charge in [-0.2, -0.15) is 0 Å². The zero-order valence-corrected chi connectivity index (χ0v) is 12.5. The van der Waals surface area contributed by atoms with Gasteiger partial charge in [-0.1, -0.05) is 19.1 Å². The van der Waals surface area contributed by atoms with E-state index in [2.05, 4.69) is 29.4 Å². The van der Waals surface area contributed by atoms with E-state index in [1.807, 2.05) is 12.1 Å². The van der Waals surface area contributed by atoms with Crippen LogP contribution in [0.2, 0.25) is 0 Å². The standard InChI is InChI=1S/C16H19N3O2/c1-4-13-6-5-7-14(8-13)17-10-15-12(3)16(19(20)21)11(2)9-18-15/h5-9,17H,4,10H2,1-3H3. The average molecular weight is 285 g/mol. The summed E-state index contributed by atoms with van der Waals surface area (Å²) in [5.41, 5.74) is 4.32. The molecule has 2 rings (SSSR count). The molecule has 0 unspecified atom stereocenters. The van der Waals surface area contributed by atoms with Crippen molar-refractivity contribution in [3.8, 4) is 0 Å². The highest BCUT2D eigenvalue weighted by Gasteiger charge is 2.18. The molecule has 1 N–H and O–H groups in total. The van der Waals surface area contributed by atoms with Crippen LogP contribution in [0.5, 0.6) is 0 Å². The van der Waals surface area contributed by atoms with E-state index < -0.39 is 0 Å². The monoisotopic (exact) mass is 285 g/mol. The van der Waals surface area contributed by atoms with Gasteiger partial charge in [0.1, 0.15) is 0 Å². The summed E-state index contributed by atoms with van der Waals surface area (Å²) in [6, 6.07) is 8.14. The van der Waals surface area contributed by atoms with Crippen LogP contribution in [-0.4, -0.2) is 9.91 Å². The van der Waals surface area contributed by atoms with Crippen molar-refractivity contribution < 1.29 is 4.92 Å². The van der Waals surface area contributed by atoms with E-state index in [-0.39, 0.29) is 10.6 Å². The SMILES string of the molecule is CCc1cccc(NCc2ncc(C)c([N+](=O)[O-])c2C)c1. The van der Waals surface area contributed by atoms with Gasteiger partial charge in [0.2, 0.25) is 0 Å². The van der Waals surface area contributed by atoms with Crippen LogP contribution >= 0.6 is 0 Å². The fourth-order valence-corrected chi connectivity index (χ4v) is 2.31. The Kier molecular flexibility index (Phi) is 4.52. The van der Waals surface area contributed by atoms with Crippen molar-refractivity contribution in [1.29, 1.82) is 0 Å². The molecule has 0 atom stereocenters. The zero-order valence-electron chi connectivity index (χ0n) is 12.5. The molecule has 0 saturated heterocycles. The third kappa shape index (κ3) is 3.37. The summed E-state index contributed by atoms with van der Waals surface area (Å²) in [6.07, 6.45) is 2.54. The Morgan fingerprint density at radius 3 is 2.76 bits per heavy atom. The summed E-state index contributed by atoms with van der Waals surface area (Å²) in [5, 5.41) is 14.4. The van der Waals surface area contributed by atoms with Gasteiger partial charge in [-0.25, -0.2) is 0 Å². The molecule has 2 aromatic rings. The predicted molar refractivity (Wildman–Crippen MR) is 83.5 cm³/mol. The summed E-state index contributed by atoms with van der Waals surface area (Å²) >= 11 is 0. The second-order valence-corrected chi connectivity index (χ2v) is 5.03. The van der Waals surface area contributed by atoms with Crippen molar-refractivity contribution in [3.63, 3.8) is 0 Å². The molecule has 0 aliphatic carbocycles. The lowest BCUT2D eigenvalue weighted by Crippen LogP contribution is -2.07. The second kappa shape index (κ2) is 6.35. The van der Waals surface area contributed by atoms with E-state index in [9.17, 15) is 10.1 Å². The molecule has 1 aromatic carbocycles. The molecule has 1 aromatic heterocycles. The quantitative estimate of drug-likeness (QED) is 0.670. The van der Waals surface area contributed by atoms with Gasteiger partial charge in [0.15, 0.2) is 0 Å². The largest absolute Gasteiger partial charge is 0.379 e. The van der Waals surface area contributed by atoms with Crippen LogP contribution in [0.25, 0.3) is 0 Å². The van der Waals surface area contributed by atoms with E-state index in [1.54, 1.807) is 20.0 Å². The summed E-state index contributed by atoms with van der Waals surface area (Å²) in [4.78, 5) is 15.1. The lowest BCUT2D eigenvalue weighted by Gasteiger charge is -2.10. The molecule has 0 fully saturated rings. The Morgan fingerprint density at radius 1 is 1.33 bits per heavy atom.